The second-order valence-electron chi connectivity index (χ2n) is 10.5. The molecule has 1 aromatic carbocycles. The Morgan fingerprint density at radius 1 is 1.14 bits per heavy atom. The summed E-state index contributed by atoms with van der Waals surface area (Å²) in [6, 6.07) is 5.22. The molecule has 3 unspecified atom stereocenters. The van der Waals surface area contributed by atoms with Gasteiger partial charge in [-0.3, -0.25) is 14.4 Å². The van der Waals surface area contributed by atoms with E-state index in [1.807, 2.05) is 19.9 Å². The molecule has 9 nitrogen and oxygen atoms in total. The van der Waals surface area contributed by atoms with Gasteiger partial charge in [-0.1, -0.05) is 36.6 Å². The summed E-state index contributed by atoms with van der Waals surface area (Å²) >= 11 is 6.22. The number of benzene rings is 1. The van der Waals surface area contributed by atoms with E-state index >= 15 is 0 Å². The highest BCUT2D eigenvalue weighted by Gasteiger charge is 2.38. The van der Waals surface area contributed by atoms with Gasteiger partial charge in [-0.05, 0) is 57.6 Å². The van der Waals surface area contributed by atoms with Crippen molar-refractivity contribution < 1.29 is 23.9 Å². The Bertz CT molecular complexity index is 1170. The Morgan fingerprint density at radius 3 is 2.53 bits per heavy atom. The molecule has 0 bridgehead atoms. The van der Waals surface area contributed by atoms with E-state index < -0.39 is 35.8 Å². The third-order valence-electron chi connectivity index (χ3n) is 7.01. The van der Waals surface area contributed by atoms with Gasteiger partial charge in [-0.2, -0.15) is 0 Å². The van der Waals surface area contributed by atoms with Crippen molar-refractivity contribution in [2.24, 2.45) is 11.8 Å². The van der Waals surface area contributed by atoms with E-state index in [-0.39, 0.29) is 23.6 Å². The van der Waals surface area contributed by atoms with Crippen LogP contribution in [-0.2, 0) is 19.1 Å². The summed E-state index contributed by atoms with van der Waals surface area (Å²) in [6.45, 7) is 3.90. The number of aromatic amines is 1. The van der Waals surface area contributed by atoms with Gasteiger partial charge < -0.3 is 25.7 Å². The van der Waals surface area contributed by atoms with Crippen LogP contribution in [0.5, 0.6) is 0 Å². The van der Waals surface area contributed by atoms with Gasteiger partial charge in [-0.15, -0.1) is 0 Å². The second kappa shape index (κ2) is 10.5. The summed E-state index contributed by atoms with van der Waals surface area (Å²) in [5.41, 5.74) is 0.634. The van der Waals surface area contributed by atoms with Crippen molar-refractivity contribution in [1.82, 2.24) is 20.9 Å². The Labute approximate surface area is 215 Å². The monoisotopic (exact) mass is 516 g/mol. The van der Waals surface area contributed by atoms with E-state index in [2.05, 4.69) is 20.9 Å². The lowest BCUT2D eigenvalue weighted by atomic mass is 9.83. The van der Waals surface area contributed by atoms with Crippen molar-refractivity contribution in [1.29, 1.82) is 0 Å². The molecule has 36 heavy (non-hydrogen) atoms. The quantitative estimate of drug-likeness (QED) is 0.381. The van der Waals surface area contributed by atoms with Crippen LogP contribution in [0.3, 0.4) is 0 Å². The molecular weight excluding hydrogens is 484 g/mol. The average Bonchev–Trinajstić information content (AvgIpc) is 3.53. The number of fused-ring (bicyclic) bond motifs is 1. The molecule has 10 heteroatoms. The largest absolute Gasteiger partial charge is 0.467 e. The number of para-hydroxylation sites is 1. The van der Waals surface area contributed by atoms with Crippen LogP contribution < -0.4 is 16.0 Å². The number of piperidine rings is 1. The lowest BCUT2D eigenvalue weighted by molar-refractivity contribution is -0.146. The number of carbonyl (C=O) groups excluding carboxylic acids is 4. The van der Waals surface area contributed by atoms with Gasteiger partial charge in [0.05, 0.1) is 17.6 Å². The zero-order valence-electron chi connectivity index (χ0n) is 20.8. The van der Waals surface area contributed by atoms with Crippen molar-refractivity contribution in [3.63, 3.8) is 0 Å². The fourth-order valence-electron chi connectivity index (χ4n) is 4.70. The Morgan fingerprint density at radius 2 is 1.89 bits per heavy atom. The molecule has 0 radical (unpaired) electrons. The van der Waals surface area contributed by atoms with E-state index in [1.54, 1.807) is 18.2 Å². The highest BCUT2D eigenvalue weighted by Crippen LogP contribution is 2.34. The van der Waals surface area contributed by atoms with Crippen molar-refractivity contribution in [2.45, 2.75) is 70.0 Å². The van der Waals surface area contributed by atoms with Crippen LogP contribution in [0.15, 0.2) is 24.3 Å². The molecule has 2 aromatic rings. The molecule has 4 rings (SSSR count). The first-order chi connectivity index (χ1) is 17.1. The van der Waals surface area contributed by atoms with Gasteiger partial charge in [0.2, 0.25) is 11.8 Å². The van der Waals surface area contributed by atoms with Crippen LogP contribution in [0.25, 0.3) is 10.9 Å². The number of carbonyl (C=O) groups is 4. The molecule has 1 saturated heterocycles. The Kier molecular flexibility index (Phi) is 7.59. The third kappa shape index (κ3) is 6.19. The first-order valence-electron chi connectivity index (χ1n) is 12.3. The smallest absolute Gasteiger partial charge is 0.328 e. The number of amides is 3. The molecule has 194 valence electrons. The topological polar surface area (TPSA) is 129 Å². The van der Waals surface area contributed by atoms with Gasteiger partial charge in [0.25, 0.3) is 5.91 Å². The Balaban J connectivity index is 1.46. The number of methoxy groups -OCH3 is 1. The molecule has 4 N–H and O–H groups in total. The van der Waals surface area contributed by atoms with Crippen LogP contribution >= 0.6 is 11.6 Å². The van der Waals surface area contributed by atoms with Crippen molar-refractivity contribution >= 4 is 46.2 Å². The van der Waals surface area contributed by atoms with Crippen molar-refractivity contribution in [3.8, 4) is 0 Å². The SMILES string of the molecule is COC(=O)C(CC1CCC(C)(C)NC1=O)NC(=O)C(CC1CC1)NC(=O)c1cc2cccc(Cl)c2[nH]1. The summed E-state index contributed by atoms with van der Waals surface area (Å²) in [7, 11) is 1.25. The van der Waals surface area contributed by atoms with E-state index in [4.69, 9.17) is 16.3 Å². The van der Waals surface area contributed by atoms with Crippen LogP contribution in [0.2, 0.25) is 5.02 Å². The van der Waals surface area contributed by atoms with Crippen LogP contribution in [0, 0.1) is 11.8 Å². The lowest BCUT2D eigenvalue weighted by Gasteiger charge is -2.36. The minimum absolute atomic E-state index is 0.130. The highest BCUT2D eigenvalue weighted by atomic mass is 35.5. The van der Waals surface area contributed by atoms with Gasteiger partial charge in [0, 0.05) is 16.8 Å². The van der Waals surface area contributed by atoms with Crippen LogP contribution in [-0.4, -0.2) is 53.4 Å². The van der Waals surface area contributed by atoms with E-state index in [0.29, 0.717) is 29.3 Å². The maximum Gasteiger partial charge on any atom is 0.328 e. The molecule has 2 aliphatic rings. The summed E-state index contributed by atoms with van der Waals surface area (Å²) in [5, 5.41) is 9.80. The number of ether oxygens (including phenoxy) is 1. The number of H-pyrrole nitrogens is 1. The normalized spacial score (nSPS) is 20.8. The van der Waals surface area contributed by atoms with E-state index in [0.717, 1.165) is 24.6 Å². The first kappa shape index (κ1) is 26.0. The van der Waals surface area contributed by atoms with Gasteiger partial charge in [-0.25, -0.2) is 4.79 Å². The van der Waals surface area contributed by atoms with Crippen molar-refractivity contribution in [2.75, 3.05) is 7.11 Å². The molecule has 1 aliphatic carbocycles. The number of esters is 1. The lowest BCUT2D eigenvalue weighted by Crippen LogP contribution is -2.55. The van der Waals surface area contributed by atoms with E-state index in [1.165, 1.54) is 7.11 Å². The zero-order chi connectivity index (χ0) is 26.0. The number of nitrogens with one attached hydrogen (secondary N) is 4. The van der Waals surface area contributed by atoms with Crippen molar-refractivity contribution in [3.05, 3.63) is 35.0 Å². The molecule has 2 fully saturated rings. The summed E-state index contributed by atoms with van der Waals surface area (Å²) in [5.74, 6) is -1.77. The molecular formula is C26H33ClN4O5. The minimum Gasteiger partial charge on any atom is -0.467 e. The minimum atomic E-state index is -0.995. The fourth-order valence-corrected chi connectivity index (χ4v) is 4.93. The number of hydrogen-bond donors (Lipinski definition) is 4. The zero-order valence-corrected chi connectivity index (χ0v) is 21.5. The molecule has 1 aromatic heterocycles. The van der Waals surface area contributed by atoms with E-state index in [9.17, 15) is 19.2 Å². The maximum absolute atomic E-state index is 13.3. The molecule has 1 aliphatic heterocycles. The summed E-state index contributed by atoms with van der Waals surface area (Å²) in [6.07, 6.45) is 3.93. The number of halogens is 1. The predicted molar refractivity (Wildman–Crippen MR) is 135 cm³/mol. The summed E-state index contributed by atoms with van der Waals surface area (Å²) < 4.78 is 4.91. The second-order valence-corrected chi connectivity index (χ2v) is 10.9. The predicted octanol–water partition coefficient (Wildman–Crippen LogP) is 3.07. The molecule has 0 spiro atoms. The fraction of sp³-hybridized carbons (Fsp3) is 0.538. The first-order valence-corrected chi connectivity index (χ1v) is 12.7. The number of hydrogen-bond acceptors (Lipinski definition) is 5. The number of rotatable bonds is 9. The highest BCUT2D eigenvalue weighted by molar-refractivity contribution is 6.35. The molecule has 3 amide bonds. The average molecular weight is 517 g/mol. The van der Waals surface area contributed by atoms with Crippen LogP contribution in [0.4, 0.5) is 0 Å². The third-order valence-corrected chi connectivity index (χ3v) is 7.33. The number of aromatic nitrogens is 1. The Hall–Kier alpha value is -3.07. The maximum atomic E-state index is 13.3. The standard InChI is InChI=1S/C26H33ClN4O5/c1-26(2)10-9-16(22(32)31-26)13-20(25(35)36-3)30-23(33)18(11-14-7-8-14)29-24(34)19-12-15-5-4-6-17(27)21(15)28-19/h4-6,12,14,16,18,20,28H,7-11,13H2,1-3H3,(H,29,34)(H,30,33)(H,31,32). The van der Waals surface area contributed by atoms with Gasteiger partial charge in [0.15, 0.2) is 0 Å². The molecule has 3 atom stereocenters. The molecule has 1 saturated carbocycles. The van der Waals surface area contributed by atoms with Gasteiger partial charge in [0.1, 0.15) is 17.8 Å². The molecule has 2 heterocycles. The van der Waals surface area contributed by atoms with Gasteiger partial charge >= 0.3 is 5.97 Å². The van der Waals surface area contributed by atoms with Crippen LogP contribution in [0.1, 0.15) is 62.9 Å². The summed E-state index contributed by atoms with van der Waals surface area (Å²) in [4.78, 5) is 54.4.